The molecule has 2 atom stereocenters. The summed E-state index contributed by atoms with van der Waals surface area (Å²) in [5, 5.41) is 3.37. The molecule has 0 bridgehead atoms. The Hall–Kier alpha value is -2.90. The highest BCUT2D eigenvalue weighted by atomic mass is 79.9. The molecule has 3 aromatic carbocycles. The van der Waals surface area contributed by atoms with Crippen LogP contribution < -0.4 is 10.1 Å². The molecule has 5 nitrogen and oxygen atoms in total. The second kappa shape index (κ2) is 13.4. The van der Waals surface area contributed by atoms with Crippen LogP contribution in [0.5, 0.6) is 5.75 Å². The van der Waals surface area contributed by atoms with Gasteiger partial charge in [0.1, 0.15) is 17.6 Å². The molecule has 0 fully saturated rings. The Balaban J connectivity index is 1.91. The molecule has 0 radical (unpaired) electrons. The lowest BCUT2D eigenvalue weighted by atomic mass is 10.0. The smallest absolute Gasteiger partial charge is 0.261 e. The number of hydrogen-bond donors (Lipinski definition) is 1. The minimum Gasteiger partial charge on any atom is -0.482 e. The van der Waals surface area contributed by atoms with Crippen molar-refractivity contribution >= 4 is 39.3 Å². The Morgan fingerprint density at radius 2 is 1.75 bits per heavy atom. The van der Waals surface area contributed by atoms with Crippen LogP contribution in [0.4, 0.5) is 4.39 Å². The number of halogens is 3. The molecule has 0 heterocycles. The maximum absolute atomic E-state index is 13.6. The molecule has 0 aliphatic rings. The third-order valence-electron chi connectivity index (χ3n) is 5.78. The quantitative estimate of drug-likeness (QED) is 0.297. The van der Waals surface area contributed by atoms with Gasteiger partial charge in [0.15, 0.2) is 6.61 Å². The lowest BCUT2D eigenvalue weighted by Gasteiger charge is -2.32. The molecular weight excluding hydrogens is 547 g/mol. The molecule has 3 aromatic rings. The molecule has 0 spiro atoms. The fourth-order valence-corrected chi connectivity index (χ4v) is 4.32. The summed E-state index contributed by atoms with van der Waals surface area (Å²) in [4.78, 5) is 28.5. The van der Waals surface area contributed by atoms with Crippen LogP contribution in [0, 0.1) is 5.82 Å². The number of hydrogen-bond acceptors (Lipinski definition) is 3. The molecule has 0 aliphatic carbocycles. The first-order chi connectivity index (χ1) is 17.3. The Labute approximate surface area is 224 Å². The molecule has 0 unspecified atom stereocenters. The SMILES string of the molecule is CC[C@H](C)NC(=O)[C@@H](Cc1ccccc1)N(Cc1ccc(F)cc1)C(=O)COc1ccc(Br)cc1Cl. The van der Waals surface area contributed by atoms with E-state index in [1.54, 1.807) is 30.3 Å². The standard InChI is InChI=1S/C28H29BrClFN2O3/c1-3-19(2)32-28(35)25(15-20-7-5-4-6-8-20)33(17-21-9-12-23(31)13-10-21)27(34)18-36-26-14-11-22(29)16-24(26)30/h4-14,16,19,25H,3,15,17-18H2,1-2H3,(H,32,35)/t19-,25+/m0/s1. The van der Waals surface area contributed by atoms with Gasteiger partial charge in [-0.15, -0.1) is 0 Å². The van der Waals surface area contributed by atoms with Gasteiger partial charge in [-0.2, -0.15) is 0 Å². The van der Waals surface area contributed by atoms with Gasteiger partial charge in [-0.3, -0.25) is 9.59 Å². The molecule has 2 amide bonds. The monoisotopic (exact) mass is 574 g/mol. The van der Waals surface area contributed by atoms with Gasteiger partial charge in [0.25, 0.3) is 5.91 Å². The third kappa shape index (κ3) is 8.07. The fraction of sp³-hybridized carbons (Fsp3) is 0.286. The predicted molar refractivity (Wildman–Crippen MR) is 143 cm³/mol. The maximum atomic E-state index is 13.6. The van der Waals surface area contributed by atoms with Crippen molar-refractivity contribution in [1.29, 1.82) is 0 Å². The van der Waals surface area contributed by atoms with E-state index in [-0.39, 0.29) is 30.9 Å². The predicted octanol–water partition coefficient (Wildman–Crippen LogP) is 6.18. The van der Waals surface area contributed by atoms with Crippen LogP contribution >= 0.6 is 27.5 Å². The first kappa shape index (κ1) is 27.7. The lowest BCUT2D eigenvalue weighted by molar-refractivity contribution is -0.143. The summed E-state index contributed by atoms with van der Waals surface area (Å²) >= 11 is 9.60. The van der Waals surface area contributed by atoms with E-state index in [2.05, 4.69) is 21.2 Å². The van der Waals surface area contributed by atoms with Crippen molar-refractivity contribution in [3.8, 4) is 5.75 Å². The molecule has 0 aliphatic heterocycles. The average molecular weight is 576 g/mol. The summed E-state index contributed by atoms with van der Waals surface area (Å²) in [7, 11) is 0. The maximum Gasteiger partial charge on any atom is 0.261 e. The fourth-order valence-electron chi connectivity index (χ4n) is 3.60. The number of nitrogens with zero attached hydrogens (tertiary/aromatic N) is 1. The first-order valence-corrected chi connectivity index (χ1v) is 12.9. The van der Waals surface area contributed by atoms with Crippen molar-refractivity contribution in [3.63, 3.8) is 0 Å². The van der Waals surface area contributed by atoms with Crippen molar-refractivity contribution < 1.29 is 18.7 Å². The number of amides is 2. The van der Waals surface area contributed by atoms with Crippen molar-refractivity contribution in [1.82, 2.24) is 10.2 Å². The summed E-state index contributed by atoms with van der Waals surface area (Å²) < 4.78 is 20.1. The Morgan fingerprint density at radius 1 is 1.06 bits per heavy atom. The van der Waals surface area contributed by atoms with Gasteiger partial charge in [0, 0.05) is 23.5 Å². The normalized spacial score (nSPS) is 12.5. The van der Waals surface area contributed by atoms with Crippen molar-refractivity contribution in [2.24, 2.45) is 0 Å². The molecule has 1 N–H and O–H groups in total. The number of nitrogens with one attached hydrogen (secondary N) is 1. The first-order valence-electron chi connectivity index (χ1n) is 11.7. The minimum absolute atomic E-state index is 0.0589. The summed E-state index contributed by atoms with van der Waals surface area (Å²) in [5.41, 5.74) is 1.61. The van der Waals surface area contributed by atoms with Crippen molar-refractivity contribution in [2.75, 3.05) is 6.61 Å². The number of ether oxygens (including phenoxy) is 1. The largest absolute Gasteiger partial charge is 0.482 e. The molecule has 0 saturated carbocycles. The van der Waals surface area contributed by atoms with Crippen LogP contribution in [0.2, 0.25) is 5.02 Å². The highest BCUT2D eigenvalue weighted by Gasteiger charge is 2.31. The molecule has 190 valence electrons. The van der Waals surface area contributed by atoms with Gasteiger partial charge in [-0.1, -0.05) is 76.9 Å². The van der Waals surface area contributed by atoms with E-state index in [0.717, 1.165) is 16.5 Å². The van der Waals surface area contributed by atoms with E-state index >= 15 is 0 Å². The van der Waals surface area contributed by atoms with E-state index in [0.29, 0.717) is 22.8 Å². The van der Waals surface area contributed by atoms with Crippen LogP contribution in [0.1, 0.15) is 31.4 Å². The van der Waals surface area contributed by atoms with Gasteiger partial charge in [0.2, 0.25) is 5.91 Å². The third-order valence-corrected chi connectivity index (χ3v) is 6.57. The summed E-state index contributed by atoms with van der Waals surface area (Å²) in [6.07, 6.45) is 1.07. The number of carbonyl (C=O) groups excluding carboxylic acids is 2. The molecule has 8 heteroatoms. The van der Waals surface area contributed by atoms with Gasteiger partial charge in [-0.05, 0) is 54.8 Å². The number of rotatable bonds is 11. The zero-order chi connectivity index (χ0) is 26.1. The molecule has 0 saturated heterocycles. The van der Waals surface area contributed by atoms with E-state index in [4.69, 9.17) is 16.3 Å². The second-order valence-corrected chi connectivity index (χ2v) is 9.86. The number of benzene rings is 3. The van der Waals surface area contributed by atoms with Crippen LogP contribution in [0.3, 0.4) is 0 Å². The molecule has 36 heavy (non-hydrogen) atoms. The lowest BCUT2D eigenvalue weighted by Crippen LogP contribution is -2.53. The Kier molecular flexibility index (Phi) is 10.3. The van der Waals surface area contributed by atoms with Crippen molar-refractivity contribution in [3.05, 3.63) is 99.2 Å². The van der Waals surface area contributed by atoms with Gasteiger partial charge in [-0.25, -0.2) is 4.39 Å². The zero-order valence-corrected chi connectivity index (χ0v) is 22.6. The molecule has 0 aromatic heterocycles. The van der Waals surface area contributed by atoms with Crippen molar-refractivity contribution in [2.45, 2.75) is 45.3 Å². The van der Waals surface area contributed by atoms with Crippen LogP contribution in [0.25, 0.3) is 0 Å². The summed E-state index contributed by atoms with van der Waals surface area (Å²) in [6.45, 7) is 3.70. The topological polar surface area (TPSA) is 58.6 Å². The average Bonchev–Trinajstić information content (AvgIpc) is 2.87. The highest BCUT2D eigenvalue weighted by molar-refractivity contribution is 9.10. The minimum atomic E-state index is -0.803. The molecular formula is C28H29BrClFN2O3. The zero-order valence-electron chi connectivity index (χ0n) is 20.2. The van der Waals surface area contributed by atoms with Crippen LogP contribution in [-0.4, -0.2) is 35.4 Å². The second-order valence-electron chi connectivity index (χ2n) is 8.53. The Morgan fingerprint density at radius 3 is 2.39 bits per heavy atom. The van der Waals surface area contributed by atoms with E-state index in [1.807, 2.05) is 44.2 Å². The Bertz CT molecular complexity index is 1160. The highest BCUT2D eigenvalue weighted by Crippen LogP contribution is 2.28. The summed E-state index contributed by atoms with van der Waals surface area (Å²) in [5.74, 6) is -0.664. The van der Waals surface area contributed by atoms with E-state index < -0.39 is 11.9 Å². The van der Waals surface area contributed by atoms with Gasteiger partial charge < -0.3 is 15.0 Å². The van der Waals surface area contributed by atoms with Crippen LogP contribution in [0.15, 0.2) is 77.3 Å². The van der Waals surface area contributed by atoms with E-state index in [1.165, 1.54) is 17.0 Å². The van der Waals surface area contributed by atoms with E-state index in [9.17, 15) is 14.0 Å². The van der Waals surface area contributed by atoms with Gasteiger partial charge in [0.05, 0.1) is 5.02 Å². The summed E-state index contributed by atoms with van der Waals surface area (Å²) in [6, 6.07) is 19.6. The van der Waals surface area contributed by atoms with Gasteiger partial charge >= 0.3 is 0 Å². The molecule has 3 rings (SSSR count). The van der Waals surface area contributed by atoms with Crippen LogP contribution in [-0.2, 0) is 22.6 Å². The number of carbonyl (C=O) groups is 2.